The molecule has 3 rings (SSSR count). The Morgan fingerprint density at radius 3 is 2.13 bits per heavy atom. The van der Waals surface area contributed by atoms with E-state index in [1.54, 1.807) is 42.5 Å². The Bertz CT molecular complexity index is 1100. The van der Waals surface area contributed by atoms with Crippen LogP contribution in [0.1, 0.15) is 24.9 Å². The minimum Gasteiger partial charge on any atom is -0.495 e. The molecule has 0 aromatic heterocycles. The molecule has 0 heterocycles. The first-order chi connectivity index (χ1) is 15.0. The number of nitrogens with zero attached hydrogens (tertiary/aromatic N) is 1. The van der Waals surface area contributed by atoms with E-state index in [0.29, 0.717) is 17.9 Å². The van der Waals surface area contributed by atoms with Gasteiger partial charge in [-0.2, -0.15) is 0 Å². The Kier molecular flexibility index (Phi) is 7.31. The van der Waals surface area contributed by atoms with Gasteiger partial charge in [-0.1, -0.05) is 67.6 Å². The summed E-state index contributed by atoms with van der Waals surface area (Å²) in [4.78, 5) is 13.1. The molecule has 3 aromatic carbocycles. The number of hydrogen-bond acceptors (Lipinski definition) is 4. The number of carbonyl (C=O) groups excluding carboxylic acids is 1. The fourth-order valence-electron chi connectivity index (χ4n) is 3.33. The van der Waals surface area contributed by atoms with Gasteiger partial charge < -0.3 is 10.1 Å². The van der Waals surface area contributed by atoms with E-state index in [1.807, 2.05) is 37.3 Å². The molecule has 0 aliphatic rings. The number of amides is 1. The summed E-state index contributed by atoms with van der Waals surface area (Å²) in [6.07, 6.45) is 0.676. The Labute approximate surface area is 183 Å². The molecule has 0 spiro atoms. The predicted molar refractivity (Wildman–Crippen MR) is 122 cm³/mol. The highest BCUT2D eigenvalue weighted by Crippen LogP contribution is 2.32. The van der Waals surface area contributed by atoms with Crippen molar-refractivity contribution in [2.45, 2.75) is 24.3 Å². The summed E-state index contributed by atoms with van der Waals surface area (Å²) >= 11 is 0. The van der Waals surface area contributed by atoms with E-state index < -0.39 is 15.9 Å². The second kappa shape index (κ2) is 10.1. The van der Waals surface area contributed by atoms with Gasteiger partial charge >= 0.3 is 0 Å². The molecule has 6 nitrogen and oxygen atoms in total. The van der Waals surface area contributed by atoms with Crippen LogP contribution in [0.4, 0.5) is 5.69 Å². The molecule has 0 radical (unpaired) electrons. The molecule has 0 fully saturated rings. The largest absolute Gasteiger partial charge is 0.495 e. The van der Waals surface area contributed by atoms with E-state index in [0.717, 1.165) is 9.87 Å². The number of carbonyl (C=O) groups is 1. The van der Waals surface area contributed by atoms with E-state index >= 15 is 0 Å². The molecule has 0 saturated heterocycles. The van der Waals surface area contributed by atoms with Crippen molar-refractivity contribution in [2.75, 3.05) is 18.0 Å². The van der Waals surface area contributed by atoms with Gasteiger partial charge in [-0.05, 0) is 36.2 Å². The Morgan fingerprint density at radius 2 is 1.52 bits per heavy atom. The molecule has 1 N–H and O–H groups in total. The molecule has 0 aliphatic heterocycles. The third-order valence-corrected chi connectivity index (χ3v) is 6.69. The maximum atomic E-state index is 13.5. The molecule has 1 unspecified atom stereocenters. The molecule has 7 heteroatoms. The predicted octanol–water partition coefficient (Wildman–Crippen LogP) is 4.16. The summed E-state index contributed by atoms with van der Waals surface area (Å²) in [6.45, 7) is 1.59. The molecule has 31 heavy (non-hydrogen) atoms. The van der Waals surface area contributed by atoms with Gasteiger partial charge in [0.25, 0.3) is 10.0 Å². The van der Waals surface area contributed by atoms with Crippen LogP contribution in [0.3, 0.4) is 0 Å². The minimum atomic E-state index is -4.00. The molecular formula is C24H26N2O4S. The van der Waals surface area contributed by atoms with Crippen LogP contribution in [0.15, 0.2) is 89.8 Å². The smallest absolute Gasteiger partial charge is 0.264 e. The average molecular weight is 439 g/mol. The van der Waals surface area contributed by atoms with E-state index in [1.165, 1.54) is 19.2 Å². The van der Waals surface area contributed by atoms with E-state index in [2.05, 4.69) is 5.32 Å². The molecule has 3 aromatic rings. The summed E-state index contributed by atoms with van der Waals surface area (Å²) in [5, 5.41) is 2.96. The molecule has 1 amide bonds. The van der Waals surface area contributed by atoms with Crippen molar-refractivity contribution in [1.82, 2.24) is 5.32 Å². The van der Waals surface area contributed by atoms with E-state index in [-0.39, 0.29) is 17.5 Å². The first-order valence-electron chi connectivity index (χ1n) is 10.0. The van der Waals surface area contributed by atoms with Crippen LogP contribution in [-0.4, -0.2) is 28.0 Å². The quantitative estimate of drug-likeness (QED) is 0.544. The van der Waals surface area contributed by atoms with E-state index in [9.17, 15) is 13.2 Å². The van der Waals surface area contributed by atoms with Gasteiger partial charge in [0, 0.05) is 0 Å². The normalized spacial score (nSPS) is 12.1. The number of nitrogens with one attached hydrogen (secondary N) is 1. The maximum Gasteiger partial charge on any atom is 0.264 e. The highest BCUT2D eigenvalue weighted by Gasteiger charge is 2.29. The third kappa shape index (κ3) is 5.24. The van der Waals surface area contributed by atoms with Crippen molar-refractivity contribution < 1.29 is 17.9 Å². The first kappa shape index (κ1) is 22.4. The number of sulfonamides is 1. The summed E-state index contributed by atoms with van der Waals surface area (Å²) in [5.41, 5.74) is 1.27. The van der Waals surface area contributed by atoms with Crippen molar-refractivity contribution in [2.24, 2.45) is 0 Å². The number of ether oxygens (including phenoxy) is 1. The number of hydrogen-bond donors (Lipinski definition) is 1. The van der Waals surface area contributed by atoms with E-state index in [4.69, 9.17) is 4.74 Å². The van der Waals surface area contributed by atoms with Crippen LogP contribution in [0.2, 0.25) is 0 Å². The summed E-state index contributed by atoms with van der Waals surface area (Å²) in [7, 11) is -2.53. The van der Waals surface area contributed by atoms with Crippen molar-refractivity contribution >= 4 is 21.6 Å². The zero-order valence-electron chi connectivity index (χ0n) is 17.6. The lowest BCUT2D eigenvalue weighted by Gasteiger charge is -2.26. The summed E-state index contributed by atoms with van der Waals surface area (Å²) < 4.78 is 33.4. The average Bonchev–Trinajstić information content (AvgIpc) is 2.82. The standard InChI is InChI=1S/C24H26N2O4S/c1-3-21(19-12-6-4-7-13-19)25-24(27)18-26(22-16-10-11-17-23(22)30-2)31(28,29)20-14-8-5-9-15-20/h4-17,21H,3,18H2,1-2H3,(H,25,27). The molecule has 162 valence electrons. The number of methoxy groups -OCH3 is 1. The zero-order valence-corrected chi connectivity index (χ0v) is 18.4. The Balaban J connectivity index is 1.94. The van der Waals surface area contributed by atoms with Gasteiger partial charge in [0.1, 0.15) is 12.3 Å². The van der Waals surface area contributed by atoms with Crippen LogP contribution in [-0.2, 0) is 14.8 Å². The fraction of sp³-hybridized carbons (Fsp3) is 0.208. The summed E-state index contributed by atoms with van der Waals surface area (Å²) in [5.74, 6) is -0.0361. The van der Waals surface area contributed by atoms with Gasteiger partial charge in [-0.15, -0.1) is 0 Å². The molecule has 0 bridgehead atoms. The minimum absolute atomic E-state index is 0.101. The van der Waals surface area contributed by atoms with Crippen LogP contribution >= 0.6 is 0 Å². The summed E-state index contributed by atoms with van der Waals surface area (Å²) in [6, 6.07) is 24.2. The lowest BCUT2D eigenvalue weighted by Crippen LogP contribution is -2.42. The van der Waals surface area contributed by atoms with Gasteiger partial charge in [-0.25, -0.2) is 8.42 Å². The second-order valence-electron chi connectivity index (χ2n) is 6.94. The van der Waals surface area contributed by atoms with Crippen molar-refractivity contribution in [3.05, 3.63) is 90.5 Å². The van der Waals surface area contributed by atoms with Gasteiger partial charge in [0.05, 0.1) is 23.7 Å². The highest BCUT2D eigenvalue weighted by molar-refractivity contribution is 7.92. The Morgan fingerprint density at radius 1 is 0.935 bits per heavy atom. The fourth-order valence-corrected chi connectivity index (χ4v) is 4.78. The van der Waals surface area contributed by atoms with Gasteiger partial charge in [-0.3, -0.25) is 9.10 Å². The lowest BCUT2D eigenvalue weighted by molar-refractivity contribution is -0.120. The number of benzene rings is 3. The number of para-hydroxylation sites is 2. The monoisotopic (exact) mass is 438 g/mol. The van der Waals surface area contributed by atoms with Crippen molar-refractivity contribution in [3.8, 4) is 5.75 Å². The molecular weight excluding hydrogens is 412 g/mol. The first-order valence-corrected chi connectivity index (χ1v) is 11.5. The highest BCUT2D eigenvalue weighted by atomic mass is 32.2. The topological polar surface area (TPSA) is 75.7 Å². The third-order valence-electron chi connectivity index (χ3n) is 4.92. The second-order valence-corrected chi connectivity index (χ2v) is 8.80. The number of rotatable bonds is 9. The van der Waals surface area contributed by atoms with Crippen LogP contribution in [0, 0.1) is 0 Å². The molecule has 1 atom stereocenters. The van der Waals surface area contributed by atoms with Crippen LogP contribution in [0.5, 0.6) is 5.75 Å². The van der Waals surface area contributed by atoms with Crippen LogP contribution < -0.4 is 14.4 Å². The lowest BCUT2D eigenvalue weighted by atomic mass is 10.0. The molecule has 0 saturated carbocycles. The van der Waals surface area contributed by atoms with Crippen molar-refractivity contribution in [3.63, 3.8) is 0 Å². The zero-order chi connectivity index (χ0) is 22.3. The molecule has 0 aliphatic carbocycles. The van der Waals surface area contributed by atoms with Crippen LogP contribution in [0.25, 0.3) is 0 Å². The SMILES string of the molecule is CCC(NC(=O)CN(c1ccccc1OC)S(=O)(=O)c1ccccc1)c1ccccc1. The van der Waals surface area contributed by atoms with Crippen molar-refractivity contribution in [1.29, 1.82) is 0 Å². The maximum absolute atomic E-state index is 13.5. The van der Waals surface area contributed by atoms with Gasteiger partial charge in [0.2, 0.25) is 5.91 Å². The van der Waals surface area contributed by atoms with Gasteiger partial charge in [0.15, 0.2) is 0 Å². The number of anilines is 1. The Hall–Kier alpha value is -3.32.